The molecule has 0 saturated heterocycles. The maximum absolute atomic E-state index is 13.5. The Balaban J connectivity index is 1.63. The van der Waals surface area contributed by atoms with E-state index in [1.54, 1.807) is 0 Å². The van der Waals surface area contributed by atoms with Crippen LogP contribution in [0.25, 0.3) is 0 Å². The molecule has 2 unspecified atom stereocenters. The van der Waals surface area contributed by atoms with Crippen LogP contribution in [0.4, 0.5) is 17.6 Å². The van der Waals surface area contributed by atoms with Gasteiger partial charge >= 0.3 is 27.3 Å². The Bertz CT molecular complexity index is 662. The van der Waals surface area contributed by atoms with Crippen LogP contribution >= 0.6 is 0 Å². The molecule has 0 aromatic carbocycles. The summed E-state index contributed by atoms with van der Waals surface area (Å²) in [7, 11) is -6.28. The Hall–Kier alpha value is -0.900. The number of alkyl halides is 4. The van der Waals surface area contributed by atoms with Crippen LogP contribution in [-0.2, 0) is 19.6 Å². The Kier molecular flexibility index (Phi) is 4.83. The van der Waals surface area contributed by atoms with Gasteiger partial charge in [-0.05, 0) is 49.9 Å². The number of halogens is 4. The molecular weight excluding hydrogens is 380 g/mol. The molecule has 0 radical (unpaired) electrons. The molecule has 10 heteroatoms. The van der Waals surface area contributed by atoms with Gasteiger partial charge in [0.2, 0.25) is 0 Å². The Morgan fingerprint density at radius 1 is 1.04 bits per heavy atom. The monoisotopic (exact) mass is 402 g/mol. The normalized spacial score (nSPS) is 34.6. The van der Waals surface area contributed by atoms with Gasteiger partial charge in [-0.25, -0.2) is 0 Å². The van der Waals surface area contributed by atoms with Crippen molar-refractivity contribution in [3.8, 4) is 0 Å². The van der Waals surface area contributed by atoms with Crippen molar-refractivity contribution in [2.75, 3.05) is 6.61 Å². The van der Waals surface area contributed by atoms with E-state index in [4.69, 9.17) is 9.29 Å². The van der Waals surface area contributed by atoms with Gasteiger partial charge in [0.25, 0.3) is 0 Å². The summed E-state index contributed by atoms with van der Waals surface area (Å²) in [5, 5.41) is -5.63. The summed E-state index contributed by atoms with van der Waals surface area (Å²) in [4.78, 5) is 12.6. The minimum absolute atomic E-state index is 0.402. The van der Waals surface area contributed by atoms with E-state index in [1.165, 1.54) is 0 Å². The molecule has 4 fully saturated rings. The van der Waals surface area contributed by atoms with Gasteiger partial charge in [-0.15, -0.1) is 0 Å². The van der Waals surface area contributed by atoms with E-state index in [9.17, 15) is 30.8 Å². The van der Waals surface area contributed by atoms with Gasteiger partial charge in [-0.2, -0.15) is 26.0 Å². The Labute approximate surface area is 149 Å². The highest BCUT2D eigenvalue weighted by Crippen LogP contribution is 2.58. The fraction of sp³-hybridized carbons (Fsp3) is 0.938. The van der Waals surface area contributed by atoms with Crippen molar-refractivity contribution >= 4 is 16.1 Å². The summed E-state index contributed by atoms with van der Waals surface area (Å²) in [6, 6.07) is 0. The average molecular weight is 402 g/mol. The Morgan fingerprint density at radius 2 is 1.54 bits per heavy atom. The molecule has 0 heterocycles. The third-order valence-electron chi connectivity index (χ3n) is 6.19. The van der Waals surface area contributed by atoms with Crippen molar-refractivity contribution in [2.24, 2.45) is 23.2 Å². The van der Waals surface area contributed by atoms with Crippen LogP contribution in [0, 0.1) is 23.2 Å². The lowest BCUT2D eigenvalue weighted by Crippen LogP contribution is -2.48. The number of hydrogen-bond donors (Lipinski definition) is 1. The molecule has 0 aromatic rings. The largest absolute Gasteiger partial charge is 0.465 e. The number of carbonyl (C=O) groups excluding carboxylic acids is 1. The lowest BCUT2D eigenvalue weighted by molar-refractivity contribution is -0.181. The summed E-state index contributed by atoms with van der Waals surface area (Å²) in [5.41, 5.74) is -0.728. The summed E-state index contributed by atoms with van der Waals surface area (Å²) in [6.45, 7) is -1.03. The van der Waals surface area contributed by atoms with Crippen LogP contribution in [0.5, 0.6) is 0 Å². The molecule has 5 nitrogen and oxygen atoms in total. The SMILES string of the molecule is O=C(OCCC(F)(F)C(F)(F)S(=O)(=O)O)C12CC3CCC(CC(C3)C1)C2. The van der Waals surface area contributed by atoms with E-state index in [1.807, 2.05) is 0 Å². The Morgan fingerprint density at radius 3 is 2.04 bits per heavy atom. The predicted octanol–water partition coefficient (Wildman–Crippen LogP) is 3.64. The second kappa shape index (κ2) is 6.32. The van der Waals surface area contributed by atoms with E-state index in [2.05, 4.69) is 0 Å². The molecule has 1 N–H and O–H groups in total. The molecule has 4 aliphatic rings. The van der Waals surface area contributed by atoms with Crippen molar-refractivity contribution in [2.45, 2.75) is 62.5 Å². The molecule has 4 saturated carbocycles. The summed E-state index contributed by atoms with van der Waals surface area (Å²) in [5.74, 6) is -4.48. The van der Waals surface area contributed by atoms with Crippen LogP contribution in [0.1, 0.15) is 51.4 Å². The van der Waals surface area contributed by atoms with Crippen molar-refractivity contribution in [3.63, 3.8) is 0 Å². The molecular formula is C16H22F4O5S. The molecule has 0 aliphatic heterocycles. The number of hydrogen-bond acceptors (Lipinski definition) is 4. The fourth-order valence-corrected chi connectivity index (χ4v) is 5.68. The summed E-state index contributed by atoms with van der Waals surface area (Å²) < 4.78 is 87.5. The quantitative estimate of drug-likeness (QED) is 0.417. The van der Waals surface area contributed by atoms with Crippen LogP contribution in [-0.4, -0.2) is 36.7 Å². The zero-order chi connectivity index (χ0) is 19.4. The molecule has 150 valence electrons. The van der Waals surface area contributed by atoms with E-state index in [0.29, 0.717) is 37.0 Å². The molecule has 4 bridgehead atoms. The van der Waals surface area contributed by atoms with Gasteiger partial charge in [-0.1, -0.05) is 12.8 Å². The number of fused-ring (bicyclic) bond motifs is 1. The highest BCUT2D eigenvalue weighted by molar-refractivity contribution is 7.87. The molecule has 26 heavy (non-hydrogen) atoms. The smallest absolute Gasteiger partial charge is 0.431 e. The predicted molar refractivity (Wildman–Crippen MR) is 82.2 cm³/mol. The van der Waals surface area contributed by atoms with Crippen molar-refractivity contribution in [1.29, 1.82) is 0 Å². The van der Waals surface area contributed by atoms with Crippen LogP contribution < -0.4 is 0 Å². The van der Waals surface area contributed by atoms with Gasteiger partial charge < -0.3 is 4.74 Å². The number of ether oxygens (including phenoxy) is 1. The van der Waals surface area contributed by atoms with Gasteiger partial charge in [-0.3, -0.25) is 9.35 Å². The molecule has 0 amide bonds. The van der Waals surface area contributed by atoms with Crippen LogP contribution in [0.3, 0.4) is 0 Å². The lowest BCUT2D eigenvalue weighted by atomic mass is 9.58. The summed E-state index contributed by atoms with van der Waals surface area (Å²) in [6.07, 6.45) is 4.42. The fourth-order valence-electron chi connectivity index (χ4n) is 5.20. The maximum Gasteiger partial charge on any atom is 0.431 e. The first-order valence-corrected chi connectivity index (χ1v) is 10.2. The minimum atomic E-state index is -6.28. The molecule has 0 spiro atoms. The first kappa shape index (κ1) is 19.9. The van der Waals surface area contributed by atoms with Crippen LogP contribution in [0.15, 0.2) is 0 Å². The van der Waals surface area contributed by atoms with Gasteiger partial charge in [0, 0.05) is 0 Å². The van der Waals surface area contributed by atoms with Crippen molar-refractivity contribution < 1.29 is 40.1 Å². The lowest BCUT2D eigenvalue weighted by Gasteiger charge is -2.46. The third kappa shape index (κ3) is 3.34. The molecule has 0 aromatic heterocycles. The maximum atomic E-state index is 13.5. The highest BCUT2D eigenvalue weighted by Gasteiger charge is 2.65. The van der Waals surface area contributed by atoms with E-state index in [-0.39, 0.29) is 0 Å². The van der Waals surface area contributed by atoms with E-state index >= 15 is 0 Å². The van der Waals surface area contributed by atoms with Crippen molar-refractivity contribution in [3.05, 3.63) is 0 Å². The zero-order valence-electron chi connectivity index (χ0n) is 14.1. The van der Waals surface area contributed by atoms with E-state index in [0.717, 1.165) is 25.7 Å². The topological polar surface area (TPSA) is 80.7 Å². The first-order chi connectivity index (χ1) is 11.9. The zero-order valence-corrected chi connectivity index (χ0v) is 14.9. The molecule has 4 aliphatic carbocycles. The number of rotatable bonds is 6. The van der Waals surface area contributed by atoms with Gasteiger partial charge in [0.15, 0.2) is 0 Å². The van der Waals surface area contributed by atoms with Gasteiger partial charge in [0.1, 0.15) is 0 Å². The van der Waals surface area contributed by atoms with Gasteiger partial charge in [0.05, 0.1) is 18.4 Å². The average Bonchev–Trinajstić information content (AvgIpc) is 2.71. The van der Waals surface area contributed by atoms with Crippen molar-refractivity contribution in [1.82, 2.24) is 0 Å². The first-order valence-electron chi connectivity index (χ1n) is 8.76. The summed E-state index contributed by atoms with van der Waals surface area (Å²) >= 11 is 0. The third-order valence-corrected chi connectivity index (χ3v) is 7.13. The number of carbonyl (C=O) groups is 1. The van der Waals surface area contributed by atoms with Crippen LogP contribution in [0.2, 0.25) is 0 Å². The molecule has 2 atom stereocenters. The van der Waals surface area contributed by atoms with E-state index < -0.39 is 45.7 Å². The second-order valence-electron chi connectivity index (χ2n) is 8.12. The number of esters is 1. The minimum Gasteiger partial charge on any atom is -0.465 e. The molecule has 4 rings (SSSR count). The highest BCUT2D eigenvalue weighted by atomic mass is 32.2. The second-order valence-corrected chi connectivity index (χ2v) is 9.58. The standard InChI is InChI=1S/C16H22F4O5S/c17-15(18,16(19,20)26(22,23)24)3-4-25-13(21)14-7-10-1-2-11(8-14)6-12(5-10)9-14/h10-12H,1-9H2,(H,22,23,24).